The van der Waals surface area contributed by atoms with E-state index < -0.39 is 0 Å². The molecule has 0 saturated carbocycles. The lowest BCUT2D eigenvalue weighted by Gasteiger charge is -2.06. The highest BCUT2D eigenvalue weighted by Gasteiger charge is 2.12. The highest BCUT2D eigenvalue weighted by molar-refractivity contribution is 6.30. The highest BCUT2D eigenvalue weighted by atomic mass is 35.5. The third kappa shape index (κ3) is 4.41. The van der Waals surface area contributed by atoms with Gasteiger partial charge >= 0.3 is 0 Å². The second-order valence-electron chi connectivity index (χ2n) is 7.49. The number of ether oxygens (including phenoxy) is 1. The van der Waals surface area contributed by atoms with E-state index in [0.29, 0.717) is 17.0 Å². The van der Waals surface area contributed by atoms with Crippen LogP contribution in [0, 0.1) is 0 Å². The predicted octanol–water partition coefficient (Wildman–Crippen LogP) is 7.10. The molecular weight excluding hydrogens is 420 g/mol. The minimum atomic E-state index is 0.0311. The first-order chi connectivity index (χ1) is 15.6. The van der Waals surface area contributed by atoms with Gasteiger partial charge in [0.2, 0.25) is 0 Å². The molecule has 1 N–H and O–H groups in total. The van der Waals surface area contributed by atoms with Crippen LogP contribution in [-0.4, -0.2) is 15.8 Å². The SMILES string of the molecule is O=C(Cc1cccc(Cl)c1)c1ccc2nc(-c3cccc(Oc4ccccc4)c3)[nH]c2c1. The number of Topliss-reactive ketones (excluding diaryl/α,β-unsaturated/α-hetero) is 1. The Kier molecular flexibility index (Phi) is 5.44. The fourth-order valence-corrected chi connectivity index (χ4v) is 3.80. The summed E-state index contributed by atoms with van der Waals surface area (Å²) in [6.45, 7) is 0. The molecule has 5 heteroatoms. The summed E-state index contributed by atoms with van der Waals surface area (Å²) in [7, 11) is 0. The maximum Gasteiger partial charge on any atom is 0.167 e. The molecule has 1 aromatic heterocycles. The Bertz CT molecular complexity index is 1410. The number of hydrogen-bond donors (Lipinski definition) is 1. The number of ketones is 1. The van der Waals surface area contributed by atoms with Crippen molar-refractivity contribution in [3.05, 3.63) is 113 Å². The van der Waals surface area contributed by atoms with Crippen LogP contribution in [0.3, 0.4) is 0 Å². The van der Waals surface area contributed by atoms with Crippen molar-refractivity contribution in [1.82, 2.24) is 9.97 Å². The van der Waals surface area contributed by atoms with Crippen molar-refractivity contribution in [3.63, 3.8) is 0 Å². The number of para-hydroxylation sites is 1. The normalized spacial score (nSPS) is 10.9. The molecule has 156 valence electrons. The number of H-pyrrole nitrogens is 1. The lowest BCUT2D eigenvalue weighted by molar-refractivity contribution is 0.0993. The van der Waals surface area contributed by atoms with Crippen molar-refractivity contribution in [2.75, 3.05) is 0 Å². The molecule has 0 fully saturated rings. The zero-order valence-electron chi connectivity index (χ0n) is 17.1. The van der Waals surface area contributed by atoms with Gasteiger partial charge in [0, 0.05) is 22.6 Å². The fraction of sp³-hybridized carbons (Fsp3) is 0.0370. The summed E-state index contributed by atoms with van der Waals surface area (Å²) >= 11 is 6.04. The number of nitrogens with zero attached hydrogens (tertiary/aromatic N) is 1. The number of imidazole rings is 1. The maximum atomic E-state index is 12.8. The standard InChI is InChI=1S/C27H19ClN2O2/c28-21-8-4-6-18(14-21)15-26(31)19-12-13-24-25(17-19)30-27(29-24)20-7-5-11-23(16-20)32-22-9-2-1-3-10-22/h1-14,16-17H,15H2,(H,29,30). The van der Waals surface area contributed by atoms with Crippen LogP contribution in [0.25, 0.3) is 22.4 Å². The third-order valence-corrected chi connectivity index (χ3v) is 5.38. The first-order valence-electron chi connectivity index (χ1n) is 10.2. The van der Waals surface area contributed by atoms with Crippen molar-refractivity contribution < 1.29 is 9.53 Å². The van der Waals surface area contributed by atoms with E-state index in [9.17, 15) is 4.79 Å². The molecule has 0 atom stereocenters. The molecule has 0 aliphatic heterocycles. The van der Waals surface area contributed by atoms with Crippen LogP contribution in [0.2, 0.25) is 5.02 Å². The van der Waals surface area contributed by atoms with Crippen LogP contribution in [0.15, 0.2) is 97.1 Å². The van der Waals surface area contributed by atoms with E-state index in [4.69, 9.17) is 16.3 Å². The Morgan fingerprint density at radius 3 is 2.50 bits per heavy atom. The number of hydrogen-bond acceptors (Lipinski definition) is 3. The van der Waals surface area contributed by atoms with Gasteiger partial charge in [0.05, 0.1) is 11.0 Å². The van der Waals surface area contributed by atoms with Crippen LogP contribution in [0.1, 0.15) is 15.9 Å². The van der Waals surface area contributed by atoms with E-state index >= 15 is 0 Å². The summed E-state index contributed by atoms with van der Waals surface area (Å²) in [5, 5.41) is 0.627. The van der Waals surface area contributed by atoms with Gasteiger partial charge in [-0.15, -0.1) is 0 Å². The number of aromatic amines is 1. The van der Waals surface area contributed by atoms with Crippen molar-refractivity contribution in [2.24, 2.45) is 0 Å². The van der Waals surface area contributed by atoms with Crippen molar-refractivity contribution in [1.29, 1.82) is 0 Å². The van der Waals surface area contributed by atoms with Gasteiger partial charge in [-0.2, -0.15) is 0 Å². The Morgan fingerprint density at radius 1 is 0.844 bits per heavy atom. The molecule has 0 radical (unpaired) electrons. The quantitative estimate of drug-likeness (QED) is 0.287. The lowest BCUT2D eigenvalue weighted by Crippen LogP contribution is -2.03. The predicted molar refractivity (Wildman–Crippen MR) is 128 cm³/mol. The summed E-state index contributed by atoms with van der Waals surface area (Å²) < 4.78 is 5.93. The summed E-state index contributed by atoms with van der Waals surface area (Å²) in [5.74, 6) is 2.25. The van der Waals surface area contributed by atoms with Crippen molar-refractivity contribution in [2.45, 2.75) is 6.42 Å². The number of halogens is 1. The molecule has 4 nitrogen and oxygen atoms in total. The zero-order chi connectivity index (χ0) is 21.9. The van der Waals surface area contributed by atoms with Gasteiger partial charge in [-0.1, -0.05) is 54.1 Å². The van der Waals surface area contributed by atoms with Gasteiger partial charge < -0.3 is 9.72 Å². The Labute approximate surface area is 190 Å². The number of carbonyl (C=O) groups excluding carboxylic acids is 1. The van der Waals surface area contributed by atoms with E-state index in [2.05, 4.69) is 9.97 Å². The molecule has 1 heterocycles. The molecule has 0 aliphatic carbocycles. The molecule has 0 aliphatic rings. The molecule has 32 heavy (non-hydrogen) atoms. The molecule has 5 rings (SSSR count). The third-order valence-electron chi connectivity index (χ3n) is 5.14. The zero-order valence-corrected chi connectivity index (χ0v) is 17.8. The molecule has 0 bridgehead atoms. The number of rotatable bonds is 6. The van der Waals surface area contributed by atoms with Crippen LogP contribution >= 0.6 is 11.6 Å². The minimum absolute atomic E-state index is 0.0311. The maximum absolute atomic E-state index is 12.8. The van der Waals surface area contributed by atoms with Crippen LogP contribution in [-0.2, 0) is 6.42 Å². The second kappa shape index (κ2) is 8.69. The van der Waals surface area contributed by atoms with Gasteiger partial charge in [-0.3, -0.25) is 4.79 Å². The summed E-state index contributed by atoms with van der Waals surface area (Å²) in [5.41, 5.74) is 4.04. The molecule has 0 spiro atoms. The average Bonchev–Trinajstić information content (AvgIpc) is 3.23. The number of carbonyl (C=O) groups is 1. The number of nitrogens with one attached hydrogen (secondary N) is 1. The monoisotopic (exact) mass is 438 g/mol. The Morgan fingerprint density at radius 2 is 1.66 bits per heavy atom. The Balaban J connectivity index is 1.39. The first-order valence-corrected chi connectivity index (χ1v) is 10.6. The summed E-state index contributed by atoms with van der Waals surface area (Å²) in [6, 6.07) is 30.3. The number of benzene rings is 4. The van der Waals surface area contributed by atoms with Crippen molar-refractivity contribution in [3.8, 4) is 22.9 Å². The van der Waals surface area contributed by atoms with E-state index in [1.54, 1.807) is 6.07 Å². The van der Waals surface area contributed by atoms with Gasteiger partial charge in [0.25, 0.3) is 0 Å². The first kappa shape index (κ1) is 20.0. The van der Waals surface area contributed by atoms with E-state index in [0.717, 1.165) is 39.5 Å². The van der Waals surface area contributed by atoms with Gasteiger partial charge in [-0.05, 0) is 60.2 Å². The van der Waals surface area contributed by atoms with Gasteiger partial charge in [0.1, 0.15) is 17.3 Å². The Hall–Kier alpha value is -3.89. The molecule has 5 aromatic rings. The molecule has 0 saturated heterocycles. The topological polar surface area (TPSA) is 55.0 Å². The number of fused-ring (bicyclic) bond motifs is 1. The smallest absolute Gasteiger partial charge is 0.167 e. The molecular formula is C27H19ClN2O2. The molecule has 4 aromatic carbocycles. The van der Waals surface area contributed by atoms with Crippen LogP contribution in [0.5, 0.6) is 11.5 Å². The van der Waals surface area contributed by atoms with Crippen LogP contribution < -0.4 is 4.74 Å². The summed E-state index contributed by atoms with van der Waals surface area (Å²) in [4.78, 5) is 20.8. The highest BCUT2D eigenvalue weighted by Crippen LogP contribution is 2.27. The largest absolute Gasteiger partial charge is 0.457 e. The lowest BCUT2D eigenvalue weighted by atomic mass is 10.0. The van der Waals surface area contributed by atoms with Gasteiger partial charge in [0.15, 0.2) is 5.78 Å². The van der Waals surface area contributed by atoms with E-state index in [-0.39, 0.29) is 5.78 Å². The molecule has 0 amide bonds. The van der Waals surface area contributed by atoms with Crippen LogP contribution in [0.4, 0.5) is 0 Å². The fourth-order valence-electron chi connectivity index (χ4n) is 3.59. The average molecular weight is 439 g/mol. The van der Waals surface area contributed by atoms with E-state index in [1.807, 2.05) is 91.0 Å². The number of aromatic nitrogens is 2. The van der Waals surface area contributed by atoms with E-state index in [1.165, 1.54) is 0 Å². The molecule has 0 unspecified atom stereocenters. The van der Waals surface area contributed by atoms with Gasteiger partial charge in [-0.25, -0.2) is 4.98 Å². The van der Waals surface area contributed by atoms with Crippen molar-refractivity contribution >= 4 is 28.4 Å². The minimum Gasteiger partial charge on any atom is -0.457 e. The summed E-state index contributed by atoms with van der Waals surface area (Å²) in [6.07, 6.45) is 0.298. The second-order valence-corrected chi connectivity index (χ2v) is 7.93.